The lowest BCUT2D eigenvalue weighted by molar-refractivity contribution is 0.302. The van der Waals surface area contributed by atoms with Gasteiger partial charge >= 0.3 is 0 Å². The van der Waals surface area contributed by atoms with Gasteiger partial charge in [-0.05, 0) is 25.8 Å². The molecule has 0 amide bonds. The van der Waals surface area contributed by atoms with Gasteiger partial charge in [-0.1, -0.05) is 18.2 Å². The van der Waals surface area contributed by atoms with Gasteiger partial charge in [0.15, 0.2) is 0 Å². The van der Waals surface area contributed by atoms with Gasteiger partial charge in [0.05, 0.1) is 13.2 Å². The van der Waals surface area contributed by atoms with Crippen molar-refractivity contribution in [3.05, 3.63) is 41.5 Å². The maximum atomic E-state index is 5.78. The van der Waals surface area contributed by atoms with Gasteiger partial charge in [0.25, 0.3) is 0 Å². The predicted octanol–water partition coefficient (Wildman–Crippen LogP) is 2.35. The van der Waals surface area contributed by atoms with E-state index in [-0.39, 0.29) is 0 Å². The van der Waals surface area contributed by atoms with Crippen molar-refractivity contribution in [3.63, 3.8) is 0 Å². The van der Waals surface area contributed by atoms with Gasteiger partial charge in [-0.15, -0.1) is 10.2 Å². The van der Waals surface area contributed by atoms with Crippen molar-refractivity contribution < 1.29 is 4.74 Å². The van der Waals surface area contributed by atoms with Gasteiger partial charge in [0.2, 0.25) is 0 Å². The molecule has 1 N–H and O–H groups in total. The first-order chi connectivity index (χ1) is 10.7. The Morgan fingerprint density at radius 2 is 2.14 bits per heavy atom. The highest BCUT2D eigenvalue weighted by Gasteiger charge is 2.30. The average Bonchev–Trinajstić information content (AvgIpc) is 3.17. The second-order valence-electron chi connectivity index (χ2n) is 6.43. The summed E-state index contributed by atoms with van der Waals surface area (Å²) in [4.78, 5) is 0. The van der Waals surface area contributed by atoms with Crippen LogP contribution in [-0.2, 0) is 13.6 Å². The van der Waals surface area contributed by atoms with E-state index in [1.807, 2.05) is 12.1 Å². The van der Waals surface area contributed by atoms with Crippen LogP contribution in [0, 0.1) is 0 Å². The van der Waals surface area contributed by atoms with Crippen LogP contribution in [-0.4, -0.2) is 27.4 Å². The number of rotatable bonds is 5. The summed E-state index contributed by atoms with van der Waals surface area (Å²) in [5.41, 5.74) is 1.30. The Hall–Kier alpha value is -1.88. The molecule has 22 heavy (non-hydrogen) atoms. The third-order valence-electron chi connectivity index (χ3n) is 4.86. The molecular weight excluding hydrogens is 276 g/mol. The summed E-state index contributed by atoms with van der Waals surface area (Å²) in [6, 6.07) is 8.66. The maximum absolute atomic E-state index is 5.78. The molecular formula is C17H22N4O. The highest BCUT2D eigenvalue weighted by atomic mass is 16.5. The molecule has 0 spiro atoms. The van der Waals surface area contributed by atoms with Crippen LogP contribution < -0.4 is 10.1 Å². The summed E-state index contributed by atoms with van der Waals surface area (Å²) in [5.74, 6) is 4.21. The molecule has 2 atom stereocenters. The molecule has 0 unspecified atom stereocenters. The predicted molar refractivity (Wildman–Crippen MR) is 84.0 cm³/mol. The molecule has 5 heteroatoms. The van der Waals surface area contributed by atoms with Crippen molar-refractivity contribution >= 4 is 0 Å². The van der Waals surface area contributed by atoms with Crippen molar-refractivity contribution in [1.29, 1.82) is 0 Å². The molecule has 5 nitrogen and oxygen atoms in total. The number of benzene rings is 1. The number of ether oxygens (including phenoxy) is 1. The first kappa shape index (κ1) is 13.8. The molecule has 0 radical (unpaired) electrons. The van der Waals surface area contributed by atoms with E-state index >= 15 is 0 Å². The van der Waals surface area contributed by atoms with Crippen molar-refractivity contribution in [3.8, 4) is 5.75 Å². The molecule has 1 aromatic carbocycles. The number of nitrogens with zero attached hydrogens (tertiary/aromatic N) is 3. The SMILES string of the molecule is C[C@H](NCc1nnc(C2CC2)n1C)[C@@H]1COc2ccccc21. The van der Waals surface area contributed by atoms with Crippen LogP contribution >= 0.6 is 0 Å². The van der Waals surface area contributed by atoms with E-state index in [2.05, 4.69) is 46.2 Å². The van der Waals surface area contributed by atoms with Gasteiger partial charge in [0, 0.05) is 30.5 Å². The van der Waals surface area contributed by atoms with Gasteiger partial charge in [-0.2, -0.15) is 0 Å². The summed E-state index contributed by atoms with van der Waals surface area (Å²) in [7, 11) is 2.07. The molecule has 116 valence electrons. The van der Waals surface area contributed by atoms with Crippen molar-refractivity contribution in [2.45, 2.75) is 44.2 Å². The Kier molecular flexibility index (Phi) is 3.37. The fourth-order valence-electron chi connectivity index (χ4n) is 3.22. The normalized spacial score (nSPS) is 21.5. The quantitative estimate of drug-likeness (QED) is 0.920. The van der Waals surface area contributed by atoms with Crippen LogP contribution in [0.4, 0.5) is 0 Å². The molecule has 1 aliphatic heterocycles. The molecule has 4 rings (SSSR count). The number of nitrogens with one attached hydrogen (secondary N) is 1. The number of hydrogen-bond acceptors (Lipinski definition) is 4. The number of hydrogen-bond donors (Lipinski definition) is 1. The molecule has 0 saturated heterocycles. The molecule has 1 aromatic heterocycles. The molecule has 1 aliphatic carbocycles. The van der Waals surface area contributed by atoms with Crippen molar-refractivity contribution in [2.24, 2.45) is 7.05 Å². The van der Waals surface area contributed by atoms with E-state index in [1.165, 1.54) is 18.4 Å². The average molecular weight is 298 g/mol. The summed E-state index contributed by atoms with van der Waals surface area (Å²) in [5, 5.41) is 12.3. The molecule has 1 saturated carbocycles. The first-order valence-corrected chi connectivity index (χ1v) is 8.07. The van der Waals surface area contributed by atoms with Gasteiger partial charge in [-0.25, -0.2) is 0 Å². The minimum Gasteiger partial charge on any atom is -0.493 e. The third kappa shape index (κ3) is 2.39. The molecule has 2 heterocycles. The minimum atomic E-state index is 0.338. The summed E-state index contributed by atoms with van der Waals surface area (Å²) in [6.07, 6.45) is 2.51. The van der Waals surface area contributed by atoms with E-state index < -0.39 is 0 Å². The standard InChI is InChI=1S/C17H22N4O/c1-11(14-10-22-15-6-4-3-5-13(14)15)18-9-16-19-20-17(21(16)2)12-7-8-12/h3-6,11-12,14,18H,7-10H2,1-2H3/t11-,14-/m0/s1. The smallest absolute Gasteiger partial charge is 0.146 e. The van der Waals surface area contributed by atoms with Crippen LogP contribution in [0.2, 0.25) is 0 Å². The number of aromatic nitrogens is 3. The zero-order valence-corrected chi connectivity index (χ0v) is 13.1. The number of fused-ring (bicyclic) bond motifs is 1. The lowest BCUT2D eigenvalue weighted by Gasteiger charge is -2.19. The Labute approximate surface area is 130 Å². The van der Waals surface area contributed by atoms with Gasteiger partial charge in [-0.3, -0.25) is 0 Å². The van der Waals surface area contributed by atoms with Crippen molar-refractivity contribution in [2.75, 3.05) is 6.61 Å². The van der Waals surface area contributed by atoms with Crippen LogP contribution in [0.25, 0.3) is 0 Å². The first-order valence-electron chi connectivity index (χ1n) is 8.07. The van der Waals surface area contributed by atoms with Crippen LogP contribution in [0.3, 0.4) is 0 Å². The third-order valence-corrected chi connectivity index (χ3v) is 4.86. The molecule has 0 bridgehead atoms. The van der Waals surface area contributed by atoms with Crippen LogP contribution in [0.5, 0.6) is 5.75 Å². The largest absolute Gasteiger partial charge is 0.493 e. The summed E-state index contributed by atoms with van der Waals surface area (Å²) < 4.78 is 7.93. The summed E-state index contributed by atoms with van der Waals surface area (Å²) >= 11 is 0. The fourth-order valence-corrected chi connectivity index (χ4v) is 3.22. The van der Waals surface area contributed by atoms with Gasteiger partial charge < -0.3 is 14.6 Å². The molecule has 2 aliphatic rings. The van der Waals surface area contributed by atoms with E-state index in [9.17, 15) is 0 Å². The lowest BCUT2D eigenvalue weighted by Crippen LogP contribution is -2.33. The minimum absolute atomic E-state index is 0.338. The van der Waals surface area contributed by atoms with Crippen LogP contribution in [0.15, 0.2) is 24.3 Å². The number of para-hydroxylation sites is 1. The van der Waals surface area contributed by atoms with E-state index in [0.29, 0.717) is 17.9 Å². The Balaban J connectivity index is 1.42. The highest BCUT2D eigenvalue weighted by Crippen LogP contribution is 2.39. The van der Waals surface area contributed by atoms with Crippen LogP contribution in [0.1, 0.15) is 48.8 Å². The monoisotopic (exact) mass is 298 g/mol. The van der Waals surface area contributed by atoms with Gasteiger partial charge in [0.1, 0.15) is 17.4 Å². The topological polar surface area (TPSA) is 52.0 Å². The zero-order chi connectivity index (χ0) is 15.1. The zero-order valence-electron chi connectivity index (χ0n) is 13.1. The molecule has 1 fully saturated rings. The Morgan fingerprint density at radius 1 is 1.32 bits per heavy atom. The van der Waals surface area contributed by atoms with E-state index in [4.69, 9.17) is 4.74 Å². The lowest BCUT2D eigenvalue weighted by atomic mass is 9.94. The Morgan fingerprint density at radius 3 is 2.95 bits per heavy atom. The molecule has 2 aromatic rings. The Bertz CT molecular complexity index is 677. The second-order valence-corrected chi connectivity index (χ2v) is 6.43. The van der Waals surface area contributed by atoms with E-state index in [0.717, 1.165) is 30.5 Å². The second kappa shape index (κ2) is 5.39. The summed E-state index contributed by atoms with van der Waals surface area (Å²) in [6.45, 7) is 3.71. The van der Waals surface area contributed by atoms with E-state index in [1.54, 1.807) is 0 Å². The maximum Gasteiger partial charge on any atom is 0.146 e. The van der Waals surface area contributed by atoms with Crippen molar-refractivity contribution in [1.82, 2.24) is 20.1 Å². The highest BCUT2D eigenvalue weighted by molar-refractivity contribution is 5.40. The fraction of sp³-hybridized carbons (Fsp3) is 0.529.